The molecule has 0 aliphatic rings. The summed E-state index contributed by atoms with van der Waals surface area (Å²) < 4.78 is 13.7. The third-order valence-electron chi connectivity index (χ3n) is 10.7. The minimum atomic E-state index is 0.762. The van der Waals surface area contributed by atoms with E-state index in [0.717, 1.165) is 60.9 Å². The first-order chi connectivity index (χ1) is 25.8. The average Bonchev–Trinajstić information content (AvgIpc) is 3.80. The Bertz CT molecular complexity index is 3100. The molecule has 0 amide bonds. The van der Waals surface area contributed by atoms with E-state index in [0.29, 0.717) is 0 Å². The Balaban J connectivity index is 1.23. The molecule has 0 saturated heterocycles. The van der Waals surface area contributed by atoms with Crippen LogP contribution in [-0.4, -0.2) is 0 Å². The second kappa shape index (κ2) is 11.3. The van der Waals surface area contributed by atoms with Gasteiger partial charge in [-0.2, -0.15) is 0 Å². The zero-order chi connectivity index (χ0) is 34.2. The fraction of sp³-hybridized carbons (Fsp3) is 0. The largest absolute Gasteiger partial charge is 0.452 e. The zero-order valence-corrected chi connectivity index (χ0v) is 28.1. The van der Waals surface area contributed by atoms with E-state index in [4.69, 9.17) is 8.83 Å². The van der Waals surface area contributed by atoms with Gasteiger partial charge in [0.25, 0.3) is 0 Å². The van der Waals surface area contributed by atoms with Gasteiger partial charge < -0.3 is 8.83 Å². The van der Waals surface area contributed by atoms with Crippen molar-refractivity contribution in [1.82, 2.24) is 0 Å². The maximum Gasteiger partial charge on any atom is 0.178 e. The van der Waals surface area contributed by atoms with Gasteiger partial charge in [-0.05, 0) is 78.3 Å². The van der Waals surface area contributed by atoms with Crippen molar-refractivity contribution in [2.45, 2.75) is 0 Å². The predicted octanol–water partition coefficient (Wildman–Crippen LogP) is 14.5. The lowest BCUT2D eigenvalue weighted by molar-refractivity contribution is 0.612. The van der Waals surface area contributed by atoms with Crippen LogP contribution >= 0.6 is 0 Å². The van der Waals surface area contributed by atoms with Gasteiger partial charge in [-0.3, -0.25) is 0 Å². The van der Waals surface area contributed by atoms with Crippen LogP contribution in [0.5, 0.6) is 0 Å². The van der Waals surface area contributed by atoms with Crippen molar-refractivity contribution in [3.8, 4) is 44.7 Å². The van der Waals surface area contributed by atoms with Gasteiger partial charge >= 0.3 is 0 Å². The van der Waals surface area contributed by atoms with E-state index in [9.17, 15) is 0 Å². The molecule has 0 unspecified atom stereocenters. The highest BCUT2D eigenvalue weighted by atomic mass is 16.4. The third kappa shape index (κ3) is 4.19. The number of hydrogen-bond donors (Lipinski definition) is 0. The van der Waals surface area contributed by atoms with Crippen molar-refractivity contribution in [2.24, 2.45) is 0 Å². The van der Waals surface area contributed by atoms with E-state index in [2.05, 4.69) is 176 Å². The highest BCUT2D eigenvalue weighted by molar-refractivity contribution is 6.28. The Kier molecular flexibility index (Phi) is 6.28. The maximum atomic E-state index is 6.87. The standard InChI is InChI=1S/C50H30O2/c1-3-16-32(17-4-1)44-41-29-30-42-47-40(27-14-28-43(47)51-49(42)50(41)52-48(44)33-18-5-2-6-19-33)46-38-24-11-9-22-36(38)45(37-23-10-12-25-39(37)46)35-26-13-20-31-15-7-8-21-34(31)35/h1-30H. The van der Waals surface area contributed by atoms with E-state index in [1.807, 2.05) is 6.07 Å². The van der Waals surface area contributed by atoms with E-state index >= 15 is 0 Å². The van der Waals surface area contributed by atoms with Crippen LogP contribution in [0.2, 0.25) is 0 Å². The van der Waals surface area contributed by atoms with Gasteiger partial charge in [0.1, 0.15) is 11.3 Å². The van der Waals surface area contributed by atoms with Crippen molar-refractivity contribution in [3.63, 3.8) is 0 Å². The summed E-state index contributed by atoms with van der Waals surface area (Å²) in [6.45, 7) is 0. The molecule has 9 aromatic carbocycles. The van der Waals surface area contributed by atoms with Crippen LogP contribution in [0.1, 0.15) is 0 Å². The molecule has 2 heteroatoms. The molecule has 52 heavy (non-hydrogen) atoms. The summed E-state index contributed by atoms with van der Waals surface area (Å²) in [5.74, 6) is 0.844. The minimum absolute atomic E-state index is 0.762. The van der Waals surface area contributed by atoms with Crippen molar-refractivity contribution in [1.29, 1.82) is 0 Å². The highest BCUT2D eigenvalue weighted by Gasteiger charge is 2.25. The normalized spacial score (nSPS) is 11.8. The van der Waals surface area contributed by atoms with Crippen LogP contribution in [0.25, 0.3) is 110 Å². The molecule has 0 atom stereocenters. The zero-order valence-electron chi connectivity index (χ0n) is 28.1. The second-order valence-electron chi connectivity index (χ2n) is 13.5. The van der Waals surface area contributed by atoms with Gasteiger partial charge in [-0.15, -0.1) is 0 Å². The van der Waals surface area contributed by atoms with E-state index < -0.39 is 0 Å². The quantitative estimate of drug-likeness (QED) is 0.175. The van der Waals surface area contributed by atoms with Gasteiger partial charge in [-0.1, -0.05) is 164 Å². The van der Waals surface area contributed by atoms with Crippen molar-refractivity contribution in [2.75, 3.05) is 0 Å². The fourth-order valence-electron chi connectivity index (χ4n) is 8.48. The summed E-state index contributed by atoms with van der Waals surface area (Å²) in [5.41, 5.74) is 10.4. The summed E-state index contributed by atoms with van der Waals surface area (Å²) in [6, 6.07) is 64.8. The van der Waals surface area contributed by atoms with E-state index in [-0.39, 0.29) is 0 Å². The molecule has 0 spiro atoms. The SMILES string of the molecule is c1ccc(-c2oc3c(ccc4c3oc3cccc(-c5c6ccccc6c(-c6cccc7ccccc67)c6ccccc56)c34)c2-c2ccccc2)cc1. The first-order valence-corrected chi connectivity index (χ1v) is 17.8. The molecule has 11 aromatic rings. The Morgan fingerprint density at radius 3 is 1.48 bits per heavy atom. The van der Waals surface area contributed by atoms with Crippen LogP contribution in [0, 0.1) is 0 Å². The van der Waals surface area contributed by atoms with Crippen LogP contribution in [0.15, 0.2) is 191 Å². The molecule has 0 radical (unpaired) electrons. The predicted molar refractivity (Wildman–Crippen MR) is 218 cm³/mol. The Morgan fingerprint density at radius 1 is 0.288 bits per heavy atom. The molecule has 0 saturated carbocycles. The van der Waals surface area contributed by atoms with Gasteiger partial charge in [0.2, 0.25) is 0 Å². The van der Waals surface area contributed by atoms with Crippen molar-refractivity contribution < 1.29 is 8.83 Å². The van der Waals surface area contributed by atoms with Crippen LogP contribution in [0.3, 0.4) is 0 Å². The molecule has 0 bridgehead atoms. The van der Waals surface area contributed by atoms with Gasteiger partial charge in [0, 0.05) is 27.3 Å². The van der Waals surface area contributed by atoms with Gasteiger partial charge in [0.15, 0.2) is 11.2 Å². The summed E-state index contributed by atoms with van der Waals surface area (Å²) in [4.78, 5) is 0. The maximum absolute atomic E-state index is 6.87. The molecular formula is C50H30O2. The number of rotatable bonds is 4. The van der Waals surface area contributed by atoms with E-state index in [1.165, 1.54) is 49.0 Å². The van der Waals surface area contributed by atoms with Crippen molar-refractivity contribution in [3.05, 3.63) is 182 Å². The minimum Gasteiger partial charge on any atom is -0.452 e. The monoisotopic (exact) mass is 662 g/mol. The summed E-state index contributed by atoms with van der Waals surface area (Å²) >= 11 is 0. The smallest absolute Gasteiger partial charge is 0.178 e. The first kappa shape index (κ1) is 28.9. The topological polar surface area (TPSA) is 26.3 Å². The lowest BCUT2D eigenvalue weighted by atomic mass is 9.84. The molecule has 242 valence electrons. The first-order valence-electron chi connectivity index (χ1n) is 17.8. The fourth-order valence-corrected chi connectivity index (χ4v) is 8.48. The van der Waals surface area contributed by atoms with Crippen LogP contribution in [-0.2, 0) is 0 Å². The average molecular weight is 663 g/mol. The van der Waals surface area contributed by atoms with Crippen LogP contribution in [0.4, 0.5) is 0 Å². The number of fused-ring (bicyclic) bond motifs is 8. The third-order valence-corrected chi connectivity index (χ3v) is 10.7. The van der Waals surface area contributed by atoms with Crippen molar-refractivity contribution >= 4 is 65.2 Å². The number of benzene rings is 9. The second-order valence-corrected chi connectivity index (χ2v) is 13.5. The molecular weight excluding hydrogens is 633 g/mol. The summed E-state index contributed by atoms with van der Waals surface area (Å²) in [5, 5.41) is 10.5. The molecule has 2 heterocycles. The van der Waals surface area contributed by atoms with E-state index in [1.54, 1.807) is 0 Å². The number of hydrogen-bond acceptors (Lipinski definition) is 2. The van der Waals surface area contributed by atoms with Gasteiger partial charge in [-0.25, -0.2) is 0 Å². The lowest BCUT2D eigenvalue weighted by Crippen LogP contribution is -1.92. The van der Waals surface area contributed by atoms with Crippen LogP contribution < -0.4 is 0 Å². The summed E-state index contributed by atoms with van der Waals surface area (Å²) in [6.07, 6.45) is 0. The molecule has 0 fully saturated rings. The molecule has 0 aliphatic heterocycles. The Labute approximate surface area is 299 Å². The lowest BCUT2D eigenvalue weighted by Gasteiger charge is -2.19. The Hall–Kier alpha value is -6.90. The molecule has 11 rings (SSSR count). The molecule has 0 N–H and O–H groups in total. The molecule has 2 nitrogen and oxygen atoms in total. The summed E-state index contributed by atoms with van der Waals surface area (Å²) in [7, 11) is 0. The Morgan fingerprint density at radius 2 is 0.788 bits per heavy atom. The molecule has 0 aliphatic carbocycles. The molecule has 2 aromatic heterocycles. The highest BCUT2D eigenvalue weighted by Crippen LogP contribution is 2.50. The van der Waals surface area contributed by atoms with Gasteiger partial charge in [0.05, 0.1) is 0 Å². The number of furan rings is 2.